The van der Waals surface area contributed by atoms with Crippen molar-refractivity contribution in [3.8, 4) is 17.2 Å². The molecule has 0 unspecified atom stereocenters. The maximum Gasteiger partial charge on any atom is 0.303 e. The van der Waals surface area contributed by atoms with Crippen LogP contribution in [0.15, 0.2) is 83.3 Å². The minimum atomic E-state index is -0.785. The van der Waals surface area contributed by atoms with E-state index in [1.165, 1.54) is 0 Å². The van der Waals surface area contributed by atoms with Crippen LogP contribution in [-0.2, 0) is 22.4 Å². The molecule has 0 aliphatic heterocycles. The second-order valence-corrected chi connectivity index (χ2v) is 8.10. The highest BCUT2D eigenvalue weighted by Crippen LogP contribution is 2.22. The number of benzene rings is 3. The summed E-state index contributed by atoms with van der Waals surface area (Å²) in [5, 5.41) is 11.3. The first kappa shape index (κ1) is 26.2. The summed E-state index contributed by atoms with van der Waals surface area (Å²) in [6.45, 7) is 4.38. The van der Waals surface area contributed by atoms with Crippen LogP contribution >= 0.6 is 0 Å². The molecule has 36 heavy (non-hydrogen) atoms. The van der Waals surface area contributed by atoms with Gasteiger partial charge in [-0.25, -0.2) is 4.98 Å². The molecule has 0 atom stereocenters. The van der Waals surface area contributed by atoms with Gasteiger partial charge in [-0.3, -0.25) is 9.59 Å². The summed E-state index contributed by atoms with van der Waals surface area (Å²) in [7, 11) is 0. The molecule has 0 aliphatic rings. The monoisotopic (exact) mass is 486 g/mol. The number of hydrogen-bond donors (Lipinski definition) is 2. The number of aromatic nitrogens is 1. The standard InChI is InChI=1S/C22H23NO4.C7H7NO/c1-15-14-19(10-8-17(15)9-11-21(24)25)26-13-12-20-16(2)27-22(23-20)18-6-4-3-5-7-18;9-6-8-7-4-2-1-3-5-7/h3-8,10,14H,9,11-13H2,1-2H3,(H,24,25);1-6H,(H,8,9). The number of amides is 1. The van der Waals surface area contributed by atoms with E-state index in [1.807, 2.05) is 92.7 Å². The predicted molar refractivity (Wildman–Crippen MR) is 139 cm³/mol. The highest BCUT2D eigenvalue weighted by atomic mass is 16.5. The van der Waals surface area contributed by atoms with Gasteiger partial charge < -0.3 is 19.6 Å². The van der Waals surface area contributed by atoms with Gasteiger partial charge in [-0.1, -0.05) is 42.5 Å². The molecule has 0 radical (unpaired) electrons. The number of hydrogen-bond acceptors (Lipinski definition) is 5. The zero-order valence-electron chi connectivity index (χ0n) is 20.4. The first-order valence-corrected chi connectivity index (χ1v) is 11.7. The lowest BCUT2D eigenvalue weighted by molar-refractivity contribution is -0.136. The molecule has 7 nitrogen and oxygen atoms in total. The van der Waals surface area contributed by atoms with Gasteiger partial charge in [0, 0.05) is 24.1 Å². The number of nitrogens with one attached hydrogen (secondary N) is 1. The van der Waals surface area contributed by atoms with Crippen LogP contribution in [0.3, 0.4) is 0 Å². The molecule has 0 saturated carbocycles. The van der Waals surface area contributed by atoms with Crippen molar-refractivity contribution in [1.29, 1.82) is 0 Å². The van der Waals surface area contributed by atoms with Gasteiger partial charge in [0.25, 0.3) is 0 Å². The van der Waals surface area contributed by atoms with E-state index >= 15 is 0 Å². The van der Waals surface area contributed by atoms with Gasteiger partial charge in [-0.15, -0.1) is 0 Å². The Labute approximate surface area is 210 Å². The summed E-state index contributed by atoms with van der Waals surface area (Å²) in [5.74, 6) is 1.42. The number of carbonyl (C=O) groups is 2. The highest BCUT2D eigenvalue weighted by Gasteiger charge is 2.11. The molecule has 0 aliphatic carbocycles. The Morgan fingerprint density at radius 1 is 1.00 bits per heavy atom. The molecule has 1 aromatic heterocycles. The number of carboxylic acid groups (broad SMARTS) is 1. The molecule has 186 valence electrons. The normalized spacial score (nSPS) is 10.2. The van der Waals surface area contributed by atoms with E-state index in [0.717, 1.165) is 39.6 Å². The molecule has 3 aromatic carbocycles. The van der Waals surface area contributed by atoms with Gasteiger partial charge in [-0.05, 0) is 67.8 Å². The topological polar surface area (TPSA) is 102 Å². The van der Waals surface area contributed by atoms with E-state index in [2.05, 4.69) is 10.3 Å². The number of oxazole rings is 1. The maximum atomic E-state index is 10.7. The van der Waals surface area contributed by atoms with Gasteiger partial charge in [0.05, 0.1) is 12.3 Å². The second kappa shape index (κ2) is 13.5. The van der Waals surface area contributed by atoms with Gasteiger partial charge in [0.1, 0.15) is 11.5 Å². The largest absolute Gasteiger partial charge is 0.493 e. The number of carboxylic acids is 1. The zero-order valence-corrected chi connectivity index (χ0v) is 20.4. The van der Waals surface area contributed by atoms with Gasteiger partial charge >= 0.3 is 5.97 Å². The molecule has 4 aromatic rings. The third-order valence-electron chi connectivity index (χ3n) is 5.44. The maximum absolute atomic E-state index is 10.7. The van der Waals surface area contributed by atoms with E-state index in [-0.39, 0.29) is 6.42 Å². The smallest absolute Gasteiger partial charge is 0.303 e. The summed E-state index contributed by atoms with van der Waals surface area (Å²) in [6, 6.07) is 24.9. The third kappa shape index (κ3) is 8.13. The minimum absolute atomic E-state index is 0.135. The van der Waals surface area contributed by atoms with Crippen LogP contribution in [-0.4, -0.2) is 29.1 Å². The number of aliphatic carboxylic acids is 1. The number of anilines is 1. The average Bonchev–Trinajstić information content (AvgIpc) is 3.25. The van der Waals surface area contributed by atoms with Crippen LogP contribution in [0.25, 0.3) is 11.5 Å². The van der Waals surface area contributed by atoms with Crippen molar-refractivity contribution in [1.82, 2.24) is 4.98 Å². The van der Waals surface area contributed by atoms with Crippen LogP contribution in [0.1, 0.15) is 29.0 Å². The van der Waals surface area contributed by atoms with Crippen molar-refractivity contribution in [2.45, 2.75) is 33.1 Å². The van der Waals surface area contributed by atoms with E-state index in [0.29, 0.717) is 31.7 Å². The zero-order chi connectivity index (χ0) is 25.8. The Balaban J connectivity index is 0.000000338. The molecule has 4 rings (SSSR count). The number of carbonyl (C=O) groups excluding carboxylic acids is 1. The fourth-order valence-corrected chi connectivity index (χ4v) is 3.51. The SMILES string of the molecule is Cc1cc(OCCc2nc(-c3ccccc3)oc2C)ccc1CCC(=O)O.O=CNc1ccccc1. The summed E-state index contributed by atoms with van der Waals surface area (Å²) in [4.78, 5) is 25.2. The fourth-order valence-electron chi connectivity index (χ4n) is 3.51. The number of nitrogens with zero attached hydrogens (tertiary/aromatic N) is 1. The molecule has 2 N–H and O–H groups in total. The molecular weight excluding hydrogens is 456 g/mol. The molecular formula is C29H30N2O5. The van der Waals surface area contributed by atoms with E-state index in [9.17, 15) is 9.59 Å². The van der Waals surface area contributed by atoms with E-state index in [1.54, 1.807) is 0 Å². The number of para-hydroxylation sites is 1. The number of aryl methyl sites for hydroxylation is 3. The molecule has 1 amide bonds. The molecule has 0 saturated heterocycles. The van der Waals surface area contributed by atoms with Crippen molar-refractivity contribution in [3.05, 3.63) is 101 Å². The van der Waals surface area contributed by atoms with Crippen molar-refractivity contribution >= 4 is 18.1 Å². The Kier molecular flexibility index (Phi) is 9.82. The number of rotatable bonds is 10. The fraction of sp³-hybridized carbons (Fsp3) is 0.207. The highest BCUT2D eigenvalue weighted by molar-refractivity contribution is 5.70. The molecule has 0 spiro atoms. The van der Waals surface area contributed by atoms with Gasteiger partial charge in [-0.2, -0.15) is 0 Å². The number of ether oxygens (including phenoxy) is 1. The lowest BCUT2D eigenvalue weighted by Gasteiger charge is -2.09. The van der Waals surface area contributed by atoms with Crippen LogP contribution in [0.4, 0.5) is 5.69 Å². The minimum Gasteiger partial charge on any atom is -0.493 e. The summed E-state index contributed by atoms with van der Waals surface area (Å²) in [5.41, 5.74) is 4.75. The quantitative estimate of drug-likeness (QED) is 0.273. The van der Waals surface area contributed by atoms with Crippen molar-refractivity contribution in [2.24, 2.45) is 0 Å². The predicted octanol–water partition coefficient (Wildman–Crippen LogP) is 5.85. The summed E-state index contributed by atoms with van der Waals surface area (Å²) in [6.07, 6.45) is 1.98. The van der Waals surface area contributed by atoms with Crippen molar-refractivity contribution in [3.63, 3.8) is 0 Å². The van der Waals surface area contributed by atoms with Crippen molar-refractivity contribution in [2.75, 3.05) is 11.9 Å². The Bertz CT molecular complexity index is 1250. The lowest BCUT2D eigenvalue weighted by Crippen LogP contribution is -2.04. The molecule has 0 fully saturated rings. The van der Waals surface area contributed by atoms with Crippen LogP contribution in [0, 0.1) is 13.8 Å². The first-order chi connectivity index (χ1) is 17.5. The van der Waals surface area contributed by atoms with Crippen LogP contribution in [0.2, 0.25) is 0 Å². The van der Waals surface area contributed by atoms with E-state index < -0.39 is 5.97 Å². The summed E-state index contributed by atoms with van der Waals surface area (Å²) >= 11 is 0. The third-order valence-corrected chi connectivity index (χ3v) is 5.44. The van der Waals surface area contributed by atoms with Crippen LogP contribution in [0.5, 0.6) is 5.75 Å². The first-order valence-electron chi connectivity index (χ1n) is 11.7. The average molecular weight is 487 g/mol. The molecule has 0 bridgehead atoms. The molecule has 7 heteroatoms. The van der Waals surface area contributed by atoms with Gasteiger partial charge in [0.2, 0.25) is 12.3 Å². The molecule has 1 heterocycles. The Morgan fingerprint density at radius 3 is 2.33 bits per heavy atom. The van der Waals surface area contributed by atoms with Crippen LogP contribution < -0.4 is 10.1 Å². The van der Waals surface area contributed by atoms with Gasteiger partial charge in [0.15, 0.2) is 0 Å². The van der Waals surface area contributed by atoms with Crippen molar-refractivity contribution < 1.29 is 23.8 Å². The lowest BCUT2D eigenvalue weighted by atomic mass is 10.0. The second-order valence-electron chi connectivity index (χ2n) is 8.10. The van der Waals surface area contributed by atoms with E-state index in [4.69, 9.17) is 14.3 Å². The summed E-state index contributed by atoms with van der Waals surface area (Å²) < 4.78 is 11.6. The Morgan fingerprint density at radius 2 is 1.69 bits per heavy atom. The Hall–Kier alpha value is -4.39.